The van der Waals surface area contributed by atoms with Gasteiger partial charge in [-0.2, -0.15) is 0 Å². The Morgan fingerprint density at radius 2 is 2.29 bits per heavy atom. The van der Waals surface area contributed by atoms with E-state index in [4.69, 9.17) is 0 Å². The van der Waals surface area contributed by atoms with Crippen LogP contribution in [0.2, 0.25) is 0 Å². The number of Topliss-reactive ketones (excluding diaryl/α,β-unsaturated/α-hetero) is 1. The van der Waals surface area contributed by atoms with Gasteiger partial charge in [-0.3, -0.25) is 4.79 Å². The van der Waals surface area contributed by atoms with Gasteiger partial charge >= 0.3 is 0 Å². The first-order valence-electron chi connectivity index (χ1n) is 4.18. The van der Waals surface area contributed by atoms with Crippen molar-refractivity contribution < 1.29 is 9.18 Å². The van der Waals surface area contributed by atoms with Gasteiger partial charge in [-0.15, -0.1) is 0 Å². The van der Waals surface area contributed by atoms with Crippen LogP contribution in [0.4, 0.5) is 4.39 Å². The normalized spacial score (nSPS) is 10.8. The van der Waals surface area contributed by atoms with E-state index in [-0.39, 0.29) is 11.6 Å². The summed E-state index contributed by atoms with van der Waals surface area (Å²) < 4.78 is 12.8. The molecule has 3 heteroatoms. The van der Waals surface area contributed by atoms with E-state index in [0.717, 1.165) is 5.56 Å². The van der Waals surface area contributed by atoms with Crippen molar-refractivity contribution in [2.24, 2.45) is 0 Å². The van der Waals surface area contributed by atoms with E-state index in [0.29, 0.717) is 10.9 Å². The molecule has 0 amide bonds. The summed E-state index contributed by atoms with van der Waals surface area (Å²) in [5.74, 6) is -0.509. The number of hydrogen-bond acceptors (Lipinski definition) is 1. The lowest BCUT2D eigenvalue weighted by molar-refractivity contribution is 0.101. The van der Waals surface area contributed by atoms with E-state index in [1.807, 2.05) is 6.08 Å². The van der Waals surface area contributed by atoms with Gasteiger partial charge in [-0.1, -0.05) is 34.1 Å². The number of carbonyl (C=O) groups is 1. The molecule has 0 saturated carbocycles. The molecule has 14 heavy (non-hydrogen) atoms. The highest BCUT2D eigenvalue weighted by atomic mass is 79.9. The topological polar surface area (TPSA) is 17.1 Å². The van der Waals surface area contributed by atoms with Crippen LogP contribution in [-0.2, 0) is 0 Å². The van der Waals surface area contributed by atoms with Crippen molar-refractivity contribution in [3.05, 3.63) is 41.2 Å². The largest absolute Gasteiger partial charge is 0.294 e. The first-order valence-corrected chi connectivity index (χ1v) is 5.30. The highest BCUT2D eigenvalue weighted by Gasteiger charge is 2.05. The second kappa shape index (κ2) is 5.05. The number of alkyl halides is 1. The molecule has 0 atom stereocenters. The molecule has 0 aliphatic rings. The highest BCUT2D eigenvalue weighted by molar-refractivity contribution is 9.09. The van der Waals surface area contributed by atoms with E-state index in [1.54, 1.807) is 12.1 Å². The summed E-state index contributed by atoms with van der Waals surface area (Å²) >= 11 is 3.24. The zero-order valence-corrected chi connectivity index (χ0v) is 9.34. The van der Waals surface area contributed by atoms with E-state index in [2.05, 4.69) is 15.9 Å². The fraction of sp³-hybridized carbons (Fsp3) is 0.182. The van der Waals surface area contributed by atoms with Gasteiger partial charge in [-0.25, -0.2) is 4.39 Å². The molecule has 0 radical (unpaired) electrons. The quantitative estimate of drug-likeness (QED) is 0.598. The van der Waals surface area contributed by atoms with Crippen molar-refractivity contribution in [1.29, 1.82) is 0 Å². The summed E-state index contributed by atoms with van der Waals surface area (Å²) in [5, 5.41) is 0.710. The average molecular weight is 257 g/mol. The summed E-state index contributed by atoms with van der Waals surface area (Å²) in [6, 6.07) is 4.21. The molecule has 74 valence electrons. The summed E-state index contributed by atoms with van der Waals surface area (Å²) in [7, 11) is 0. The van der Waals surface area contributed by atoms with Crippen LogP contribution in [0.15, 0.2) is 24.3 Å². The van der Waals surface area contributed by atoms with Gasteiger partial charge < -0.3 is 0 Å². The van der Waals surface area contributed by atoms with Crippen LogP contribution in [0.1, 0.15) is 22.8 Å². The number of ketones is 1. The molecular weight excluding hydrogens is 247 g/mol. The molecule has 1 nitrogen and oxygen atoms in total. The van der Waals surface area contributed by atoms with Crippen LogP contribution in [0.25, 0.3) is 6.08 Å². The maximum absolute atomic E-state index is 12.8. The van der Waals surface area contributed by atoms with E-state index < -0.39 is 0 Å². The number of halogens is 2. The third kappa shape index (κ3) is 2.77. The van der Waals surface area contributed by atoms with Crippen LogP contribution in [0.5, 0.6) is 0 Å². The number of allylic oxidation sites excluding steroid dienone is 1. The van der Waals surface area contributed by atoms with Crippen molar-refractivity contribution in [3.63, 3.8) is 0 Å². The Labute approximate surface area is 90.8 Å². The molecule has 0 aliphatic carbocycles. The van der Waals surface area contributed by atoms with E-state index in [9.17, 15) is 9.18 Å². The van der Waals surface area contributed by atoms with Gasteiger partial charge in [0.2, 0.25) is 0 Å². The van der Waals surface area contributed by atoms with Crippen LogP contribution in [0.3, 0.4) is 0 Å². The molecule has 0 spiro atoms. The van der Waals surface area contributed by atoms with Crippen molar-refractivity contribution in [2.45, 2.75) is 6.92 Å². The standard InChI is InChI=1S/C11H10BrFO/c1-8(14)11-7-10(13)5-4-9(11)3-2-6-12/h2-5,7H,6H2,1H3. The minimum absolute atomic E-state index is 0.126. The average Bonchev–Trinajstić information content (AvgIpc) is 2.15. The molecular formula is C11H10BrFO. The van der Waals surface area contributed by atoms with Crippen LogP contribution in [0, 0.1) is 5.82 Å². The zero-order chi connectivity index (χ0) is 10.6. The lowest BCUT2D eigenvalue weighted by Crippen LogP contribution is -1.96. The zero-order valence-electron chi connectivity index (χ0n) is 7.76. The number of hydrogen-bond donors (Lipinski definition) is 0. The summed E-state index contributed by atoms with van der Waals surface area (Å²) in [5.41, 5.74) is 1.17. The molecule has 1 aromatic rings. The summed E-state index contributed by atoms with van der Waals surface area (Å²) in [4.78, 5) is 11.2. The molecule has 0 saturated heterocycles. The Kier molecular flexibility index (Phi) is 4.01. The highest BCUT2D eigenvalue weighted by Crippen LogP contribution is 2.14. The monoisotopic (exact) mass is 256 g/mol. The third-order valence-corrected chi connectivity index (χ3v) is 2.15. The molecule has 0 bridgehead atoms. The Morgan fingerprint density at radius 1 is 1.57 bits per heavy atom. The van der Waals surface area contributed by atoms with Gasteiger partial charge in [0.15, 0.2) is 5.78 Å². The molecule has 0 N–H and O–H groups in total. The lowest BCUT2D eigenvalue weighted by atomic mass is 10.0. The molecule has 1 aromatic carbocycles. The second-order valence-corrected chi connectivity index (χ2v) is 3.49. The van der Waals surface area contributed by atoms with Gasteiger partial charge in [0.1, 0.15) is 5.82 Å². The lowest BCUT2D eigenvalue weighted by Gasteiger charge is -2.01. The third-order valence-electron chi connectivity index (χ3n) is 1.78. The van der Waals surface area contributed by atoms with Crippen molar-refractivity contribution in [2.75, 3.05) is 5.33 Å². The van der Waals surface area contributed by atoms with Crippen molar-refractivity contribution in [3.8, 4) is 0 Å². The molecule has 0 aromatic heterocycles. The Hall–Kier alpha value is -0.960. The SMILES string of the molecule is CC(=O)c1cc(F)ccc1C=CCBr. The Morgan fingerprint density at radius 3 is 2.86 bits per heavy atom. The predicted octanol–water partition coefficient (Wildman–Crippen LogP) is 3.44. The maximum atomic E-state index is 12.8. The fourth-order valence-electron chi connectivity index (χ4n) is 1.15. The molecule has 0 fully saturated rings. The van der Waals surface area contributed by atoms with Crippen LogP contribution < -0.4 is 0 Å². The number of rotatable bonds is 3. The van der Waals surface area contributed by atoms with E-state index >= 15 is 0 Å². The molecule has 0 heterocycles. The van der Waals surface area contributed by atoms with Gasteiger partial charge in [0.25, 0.3) is 0 Å². The number of carbonyl (C=O) groups excluding carboxylic acids is 1. The minimum atomic E-state index is -0.383. The Bertz CT molecular complexity index is 372. The fourth-order valence-corrected chi connectivity index (χ4v) is 1.34. The van der Waals surface area contributed by atoms with Crippen LogP contribution in [-0.4, -0.2) is 11.1 Å². The first-order chi connectivity index (χ1) is 6.65. The van der Waals surface area contributed by atoms with E-state index in [1.165, 1.54) is 19.1 Å². The molecule has 0 unspecified atom stereocenters. The van der Waals surface area contributed by atoms with Crippen molar-refractivity contribution >= 4 is 27.8 Å². The first kappa shape index (κ1) is 11.1. The molecule has 1 rings (SSSR count). The van der Waals surface area contributed by atoms with Crippen LogP contribution >= 0.6 is 15.9 Å². The summed E-state index contributed by atoms with van der Waals surface area (Å²) in [6.07, 6.45) is 3.66. The summed E-state index contributed by atoms with van der Waals surface area (Å²) in [6.45, 7) is 1.43. The van der Waals surface area contributed by atoms with Crippen molar-refractivity contribution in [1.82, 2.24) is 0 Å². The Balaban J connectivity index is 3.15. The van der Waals surface area contributed by atoms with Gasteiger partial charge in [0.05, 0.1) is 0 Å². The molecule has 0 aliphatic heterocycles. The maximum Gasteiger partial charge on any atom is 0.160 e. The number of benzene rings is 1. The smallest absolute Gasteiger partial charge is 0.160 e. The van der Waals surface area contributed by atoms with Gasteiger partial charge in [0, 0.05) is 10.9 Å². The minimum Gasteiger partial charge on any atom is -0.294 e. The second-order valence-electron chi connectivity index (χ2n) is 2.84. The van der Waals surface area contributed by atoms with Gasteiger partial charge in [-0.05, 0) is 24.6 Å². The predicted molar refractivity (Wildman–Crippen MR) is 59.2 cm³/mol.